The second-order valence-corrected chi connectivity index (χ2v) is 8.70. The van der Waals surface area contributed by atoms with Gasteiger partial charge in [0.2, 0.25) is 5.69 Å². The monoisotopic (exact) mass is 407 g/mol. The van der Waals surface area contributed by atoms with Crippen LogP contribution in [0.3, 0.4) is 0 Å². The molecule has 0 atom stereocenters. The maximum absolute atomic E-state index is 9.52. The number of para-hydroxylation sites is 1. The molecule has 0 unspecified atom stereocenters. The van der Waals surface area contributed by atoms with E-state index in [0.29, 0.717) is 5.56 Å². The predicted molar refractivity (Wildman–Crippen MR) is 127 cm³/mol. The van der Waals surface area contributed by atoms with Crippen molar-refractivity contribution in [3.05, 3.63) is 119 Å². The van der Waals surface area contributed by atoms with Crippen molar-refractivity contribution in [3.63, 3.8) is 0 Å². The highest BCUT2D eigenvalue weighted by molar-refractivity contribution is 6.07. The van der Waals surface area contributed by atoms with Crippen LogP contribution in [-0.2, 0) is 12.8 Å². The third-order valence-electron chi connectivity index (χ3n) is 6.95. The van der Waals surface area contributed by atoms with Crippen LogP contribution >= 0.6 is 0 Å². The first kappa shape index (κ1) is 17.5. The van der Waals surface area contributed by atoms with Gasteiger partial charge in [0.1, 0.15) is 0 Å². The van der Waals surface area contributed by atoms with E-state index in [1.54, 1.807) is 0 Å². The molecule has 0 N–H and O–H groups in total. The number of pyridine rings is 1. The number of benzene rings is 4. The Balaban J connectivity index is 1.57. The largest absolute Gasteiger partial charge is 0.214 e. The number of hydrogen-bond acceptors (Lipinski definition) is 1. The summed E-state index contributed by atoms with van der Waals surface area (Å²) < 4.78 is 2.48. The number of rotatable bonds is 1. The highest BCUT2D eigenvalue weighted by Gasteiger charge is 2.37. The van der Waals surface area contributed by atoms with Gasteiger partial charge in [0.25, 0.3) is 0 Å². The minimum Gasteiger partial charge on any atom is -0.192 e. The van der Waals surface area contributed by atoms with Gasteiger partial charge < -0.3 is 0 Å². The smallest absolute Gasteiger partial charge is 0.192 e. The molecule has 1 aliphatic carbocycles. The molecule has 0 bridgehead atoms. The minimum absolute atomic E-state index is 0.694. The molecule has 0 saturated heterocycles. The average Bonchev–Trinajstić information content (AvgIpc) is 3.40. The zero-order chi connectivity index (χ0) is 21.2. The summed E-state index contributed by atoms with van der Waals surface area (Å²) in [6.07, 6.45) is 1.90. The quantitative estimate of drug-likeness (QED) is 0.301. The van der Waals surface area contributed by atoms with Crippen LogP contribution in [0.2, 0.25) is 0 Å². The zero-order valence-electron chi connectivity index (χ0n) is 17.5. The molecule has 5 aromatic rings. The van der Waals surface area contributed by atoms with Crippen LogP contribution in [0.4, 0.5) is 0 Å². The topological polar surface area (TPSA) is 27.7 Å². The van der Waals surface area contributed by atoms with Gasteiger partial charge in [-0.1, -0.05) is 54.6 Å². The SMILES string of the molecule is N#Cc1cccc(-c2c3c(cc4ccccc24)Cc2c-3ccc3[n+]2-c2ccccc2C3)c1. The van der Waals surface area contributed by atoms with Gasteiger partial charge in [0, 0.05) is 23.3 Å². The normalized spacial score (nSPS) is 12.7. The summed E-state index contributed by atoms with van der Waals surface area (Å²) in [4.78, 5) is 0. The molecule has 2 heteroatoms. The van der Waals surface area contributed by atoms with Crippen molar-refractivity contribution >= 4 is 10.8 Å². The van der Waals surface area contributed by atoms with Crippen molar-refractivity contribution in [1.82, 2.24) is 0 Å². The van der Waals surface area contributed by atoms with Gasteiger partial charge in [-0.05, 0) is 51.7 Å². The Bertz CT molecular complexity index is 1640. The average molecular weight is 407 g/mol. The van der Waals surface area contributed by atoms with Gasteiger partial charge in [-0.15, -0.1) is 0 Å². The molecular weight excluding hydrogens is 388 g/mol. The van der Waals surface area contributed by atoms with Crippen molar-refractivity contribution in [2.24, 2.45) is 0 Å². The van der Waals surface area contributed by atoms with Crippen LogP contribution < -0.4 is 4.57 Å². The highest BCUT2D eigenvalue weighted by atomic mass is 15.0. The van der Waals surface area contributed by atoms with Gasteiger partial charge in [0.05, 0.1) is 30.0 Å². The maximum Gasteiger partial charge on any atom is 0.214 e. The van der Waals surface area contributed by atoms with E-state index in [0.717, 1.165) is 18.4 Å². The molecule has 0 saturated carbocycles. The molecule has 1 aromatic heterocycles. The second-order valence-electron chi connectivity index (χ2n) is 8.70. The summed E-state index contributed by atoms with van der Waals surface area (Å²) in [5.41, 5.74) is 12.5. The Labute approximate surface area is 186 Å². The fraction of sp³-hybridized carbons (Fsp3) is 0.0667. The molecule has 148 valence electrons. The molecule has 0 spiro atoms. The molecular formula is C30H19N2+. The number of nitrogens with zero attached hydrogens (tertiary/aromatic N) is 2. The van der Waals surface area contributed by atoms with Crippen molar-refractivity contribution in [3.8, 4) is 34.0 Å². The molecule has 0 amide bonds. The fourth-order valence-corrected chi connectivity index (χ4v) is 5.63. The standard InChI is InChI=1S/C30H19N2/c31-18-19-6-5-9-22(14-19)29-25-10-3-1-7-20(25)15-23-17-28-26(30(23)29)13-12-24-16-21-8-2-4-11-27(21)32(24)28/h1-15H,16-17H2/q+1. The summed E-state index contributed by atoms with van der Waals surface area (Å²) in [6, 6.07) is 34.7. The van der Waals surface area contributed by atoms with Gasteiger partial charge in [-0.25, -0.2) is 0 Å². The molecule has 0 radical (unpaired) electrons. The van der Waals surface area contributed by atoms with Crippen molar-refractivity contribution in [1.29, 1.82) is 5.26 Å². The predicted octanol–water partition coefficient (Wildman–Crippen LogP) is 6.13. The van der Waals surface area contributed by atoms with E-state index in [-0.39, 0.29) is 0 Å². The van der Waals surface area contributed by atoms with Gasteiger partial charge >= 0.3 is 0 Å². The number of aromatic nitrogens is 1. The highest BCUT2D eigenvalue weighted by Crippen LogP contribution is 2.46. The lowest BCUT2D eigenvalue weighted by molar-refractivity contribution is -0.604. The fourth-order valence-electron chi connectivity index (χ4n) is 5.63. The summed E-state index contributed by atoms with van der Waals surface area (Å²) in [6.45, 7) is 0. The molecule has 2 nitrogen and oxygen atoms in total. The van der Waals surface area contributed by atoms with Crippen molar-refractivity contribution in [2.45, 2.75) is 12.8 Å². The molecule has 2 aliphatic rings. The third kappa shape index (κ3) is 2.31. The van der Waals surface area contributed by atoms with Crippen molar-refractivity contribution in [2.75, 3.05) is 0 Å². The summed E-state index contributed by atoms with van der Waals surface area (Å²) >= 11 is 0. The third-order valence-corrected chi connectivity index (χ3v) is 6.95. The molecule has 2 heterocycles. The molecule has 0 fully saturated rings. The van der Waals surface area contributed by atoms with Gasteiger partial charge in [0.15, 0.2) is 11.4 Å². The Morgan fingerprint density at radius 3 is 2.53 bits per heavy atom. The van der Waals surface area contributed by atoms with Crippen LogP contribution in [0, 0.1) is 11.3 Å². The van der Waals surface area contributed by atoms with Gasteiger partial charge in [-0.2, -0.15) is 9.83 Å². The van der Waals surface area contributed by atoms with Crippen LogP contribution in [0.25, 0.3) is 38.7 Å². The lowest BCUT2D eigenvalue weighted by atomic mass is 9.88. The number of nitriles is 1. The summed E-state index contributed by atoms with van der Waals surface area (Å²) in [5, 5.41) is 12.0. The van der Waals surface area contributed by atoms with E-state index in [1.807, 2.05) is 18.2 Å². The Morgan fingerprint density at radius 1 is 0.719 bits per heavy atom. The van der Waals surface area contributed by atoms with E-state index in [2.05, 4.69) is 83.4 Å². The molecule has 7 rings (SSSR count). The lowest BCUT2D eigenvalue weighted by Gasteiger charge is -2.14. The van der Waals surface area contributed by atoms with Crippen LogP contribution in [-0.4, -0.2) is 0 Å². The molecule has 4 aromatic carbocycles. The first-order chi connectivity index (χ1) is 15.8. The molecule has 1 aliphatic heterocycles. The zero-order valence-corrected chi connectivity index (χ0v) is 17.5. The number of fused-ring (bicyclic) bond motifs is 8. The second kappa shape index (κ2) is 6.39. The summed E-state index contributed by atoms with van der Waals surface area (Å²) in [7, 11) is 0. The van der Waals surface area contributed by atoms with E-state index < -0.39 is 0 Å². The Hall–Kier alpha value is -4.22. The number of hydrogen-bond donors (Lipinski definition) is 0. The summed E-state index contributed by atoms with van der Waals surface area (Å²) in [5.74, 6) is 0. The van der Waals surface area contributed by atoms with E-state index in [4.69, 9.17) is 0 Å². The Morgan fingerprint density at radius 2 is 1.59 bits per heavy atom. The lowest BCUT2D eigenvalue weighted by Crippen LogP contribution is -2.36. The van der Waals surface area contributed by atoms with Crippen LogP contribution in [0.15, 0.2) is 91.0 Å². The Kier molecular flexibility index (Phi) is 3.49. The van der Waals surface area contributed by atoms with Gasteiger partial charge in [-0.3, -0.25) is 0 Å². The van der Waals surface area contributed by atoms with Crippen LogP contribution in [0.5, 0.6) is 0 Å². The first-order valence-corrected chi connectivity index (χ1v) is 11.0. The van der Waals surface area contributed by atoms with Crippen LogP contribution in [0.1, 0.15) is 28.1 Å². The van der Waals surface area contributed by atoms with E-state index in [9.17, 15) is 5.26 Å². The van der Waals surface area contributed by atoms with E-state index in [1.165, 1.54) is 55.7 Å². The first-order valence-electron chi connectivity index (χ1n) is 11.0. The minimum atomic E-state index is 0.694. The maximum atomic E-state index is 9.52. The van der Waals surface area contributed by atoms with Crippen molar-refractivity contribution < 1.29 is 4.57 Å². The molecule has 32 heavy (non-hydrogen) atoms. The van der Waals surface area contributed by atoms with E-state index >= 15 is 0 Å².